The first kappa shape index (κ1) is 31.6. The van der Waals surface area contributed by atoms with Crippen LogP contribution in [0.2, 0.25) is 5.04 Å². The highest BCUT2D eigenvalue weighted by Crippen LogP contribution is 2.39. The van der Waals surface area contributed by atoms with Gasteiger partial charge in [-0.3, -0.25) is 19.1 Å². The van der Waals surface area contributed by atoms with Gasteiger partial charge in [-0.25, -0.2) is 4.79 Å². The highest BCUT2D eigenvalue weighted by molar-refractivity contribution is 9.09. The van der Waals surface area contributed by atoms with Gasteiger partial charge in [-0.15, -0.1) is 0 Å². The zero-order valence-electron chi connectivity index (χ0n) is 24.0. The summed E-state index contributed by atoms with van der Waals surface area (Å²) >= 11 is 4.56. The number of nitrogens with zero attached hydrogens (tertiary/aromatic N) is 1. The largest absolute Gasteiger partial charge is 0.405 e. The van der Waals surface area contributed by atoms with Gasteiger partial charge in [-0.1, -0.05) is 109 Å². The number of alkyl halides is 1. The van der Waals surface area contributed by atoms with Crippen LogP contribution in [0.5, 0.6) is 0 Å². The molecule has 1 fully saturated rings. The van der Waals surface area contributed by atoms with E-state index in [-0.39, 0.29) is 16.8 Å². The number of thioether (sulfide) groups is 1. The fourth-order valence-corrected chi connectivity index (χ4v) is 11.2. The quantitative estimate of drug-likeness (QED) is 0.199. The summed E-state index contributed by atoms with van der Waals surface area (Å²) in [7, 11) is -2.87. The molecule has 41 heavy (non-hydrogen) atoms. The Balaban J connectivity index is 1.72. The Morgan fingerprint density at radius 3 is 2.22 bits per heavy atom. The molecule has 1 aromatic heterocycles. The van der Waals surface area contributed by atoms with Crippen LogP contribution in [0.15, 0.2) is 76.4 Å². The number of H-pyrrole nitrogens is 1. The number of halogens is 1. The molecule has 0 radical (unpaired) electrons. The van der Waals surface area contributed by atoms with Crippen molar-refractivity contribution in [3.8, 4) is 0 Å². The van der Waals surface area contributed by atoms with E-state index in [1.165, 1.54) is 17.7 Å². The maximum Gasteiger partial charge on any atom is 0.330 e. The van der Waals surface area contributed by atoms with E-state index >= 15 is 0 Å². The van der Waals surface area contributed by atoms with Crippen molar-refractivity contribution in [3.05, 3.63) is 93.3 Å². The molecule has 8 nitrogen and oxygen atoms in total. The van der Waals surface area contributed by atoms with Crippen molar-refractivity contribution in [3.63, 3.8) is 0 Å². The minimum atomic E-state index is -2.87. The first-order valence-electron chi connectivity index (χ1n) is 13.6. The minimum absolute atomic E-state index is 0.0579. The topological polar surface area (TPSA) is 99.6 Å². The van der Waals surface area contributed by atoms with Gasteiger partial charge in [0.15, 0.2) is 5.12 Å². The second kappa shape index (κ2) is 13.3. The van der Waals surface area contributed by atoms with Crippen molar-refractivity contribution in [2.75, 3.05) is 11.9 Å². The SMILES string of the molecule is CC(=O)SC(CBr)OC1C[C@H](n2cc(C)c(=O)[nH]c2=O)O[C@@H]1CO[Si](c1ccccc1)(c1ccccc1)C(C)(C)C. The first-order valence-corrected chi connectivity index (χ1v) is 17.5. The maximum atomic E-state index is 12.7. The molecule has 0 aliphatic carbocycles. The Kier molecular flexibility index (Phi) is 10.3. The van der Waals surface area contributed by atoms with Crippen molar-refractivity contribution >= 4 is 51.5 Å². The van der Waals surface area contributed by atoms with Gasteiger partial charge in [-0.2, -0.15) is 0 Å². The second-order valence-corrected chi connectivity index (χ2v) is 17.5. The molecule has 0 spiro atoms. The number of rotatable bonds is 10. The summed E-state index contributed by atoms with van der Waals surface area (Å²) in [5.41, 5.74) is -1.01. The van der Waals surface area contributed by atoms with Gasteiger partial charge in [0.2, 0.25) is 0 Å². The molecule has 2 aromatic carbocycles. The molecule has 1 N–H and O–H groups in total. The molecular weight excluding hydrogens is 624 g/mol. The van der Waals surface area contributed by atoms with Crippen LogP contribution in [0.4, 0.5) is 0 Å². The summed E-state index contributed by atoms with van der Waals surface area (Å²) in [6.07, 6.45) is 0.193. The van der Waals surface area contributed by atoms with Gasteiger partial charge in [0.25, 0.3) is 13.9 Å². The third-order valence-corrected chi connectivity index (χ3v) is 14.2. The Labute approximate surface area is 254 Å². The van der Waals surface area contributed by atoms with Crippen molar-refractivity contribution in [1.82, 2.24) is 9.55 Å². The molecule has 1 aliphatic rings. The number of ether oxygens (including phenoxy) is 2. The predicted molar refractivity (Wildman–Crippen MR) is 169 cm³/mol. The van der Waals surface area contributed by atoms with Crippen LogP contribution in [-0.2, 0) is 18.7 Å². The summed E-state index contributed by atoms with van der Waals surface area (Å²) in [6, 6.07) is 20.7. The first-order chi connectivity index (χ1) is 19.5. The molecule has 2 heterocycles. The van der Waals surface area contributed by atoms with E-state index in [9.17, 15) is 14.4 Å². The molecule has 4 atom stereocenters. The number of carbonyl (C=O) groups excluding carboxylic acids is 1. The molecule has 1 aliphatic heterocycles. The fourth-order valence-electron chi connectivity index (χ4n) is 5.41. The number of aryl methyl sites for hydroxylation is 1. The second-order valence-electron chi connectivity index (χ2n) is 11.2. The highest BCUT2D eigenvalue weighted by Gasteiger charge is 2.51. The van der Waals surface area contributed by atoms with E-state index in [2.05, 4.69) is 66.0 Å². The number of hydrogen-bond donors (Lipinski definition) is 1. The molecule has 1 saturated heterocycles. The van der Waals surface area contributed by atoms with Crippen molar-refractivity contribution < 1.29 is 18.7 Å². The minimum Gasteiger partial charge on any atom is -0.405 e. The van der Waals surface area contributed by atoms with Crippen LogP contribution >= 0.6 is 27.7 Å². The van der Waals surface area contributed by atoms with Crippen LogP contribution in [0, 0.1) is 6.92 Å². The average molecular weight is 662 g/mol. The summed E-state index contributed by atoms with van der Waals surface area (Å²) < 4.78 is 21.4. The zero-order valence-corrected chi connectivity index (χ0v) is 27.4. The Morgan fingerprint density at radius 1 is 1.12 bits per heavy atom. The molecule has 3 aromatic rings. The van der Waals surface area contributed by atoms with Crippen LogP contribution in [0.3, 0.4) is 0 Å². The molecular formula is C30H37BrN2O6SSi. The molecule has 0 bridgehead atoms. The molecule has 220 valence electrons. The van der Waals surface area contributed by atoms with Crippen molar-refractivity contribution in [1.29, 1.82) is 0 Å². The smallest absolute Gasteiger partial charge is 0.330 e. The van der Waals surface area contributed by atoms with Gasteiger partial charge >= 0.3 is 5.69 Å². The molecule has 2 unspecified atom stereocenters. The van der Waals surface area contributed by atoms with Gasteiger partial charge in [0.05, 0.1) is 12.7 Å². The molecule has 0 amide bonds. The summed E-state index contributed by atoms with van der Waals surface area (Å²) in [5, 5.41) is 2.43. The number of aromatic amines is 1. The maximum absolute atomic E-state index is 12.7. The molecule has 11 heteroatoms. The Morgan fingerprint density at radius 2 is 1.71 bits per heavy atom. The van der Waals surface area contributed by atoms with Gasteiger partial charge in [0.1, 0.15) is 17.8 Å². The molecule has 0 saturated carbocycles. The number of hydrogen-bond acceptors (Lipinski definition) is 7. The van der Waals surface area contributed by atoms with Gasteiger partial charge < -0.3 is 13.9 Å². The van der Waals surface area contributed by atoms with E-state index in [0.717, 1.165) is 22.1 Å². The third kappa shape index (κ3) is 7.03. The number of benzene rings is 2. The Bertz CT molecular complexity index is 1400. The van der Waals surface area contributed by atoms with Crippen molar-refractivity contribution in [2.45, 2.75) is 69.9 Å². The van der Waals surface area contributed by atoms with E-state index < -0.39 is 43.4 Å². The van der Waals surface area contributed by atoms with Gasteiger partial charge in [-0.05, 0) is 22.3 Å². The normalized spacial score (nSPS) is 20.2. The highest BCUT2D eigenvalue weighted by atomic mass is 79.9. The lowest BCUT2D eigenvalue weighted by Gasteiger charge is -2.43. The standard InChI is InChI=1S/C30H37BrN2O6SSi/c1-20-18-33(29(36)32-28(20)35)26-16-24(39-27(17-31)40-21(2)34)25(38-26)19-37-41(30(3,4)5,22-12-8-6-9-13-22)23-14-10-7-11-15-23/h6-15,18,24-27H,16-17,19H2,1-5H3,(H,32,35,36)/t24?,25-,26-,27?/m1/s1. The predicted octanol–water partition coefficient (Wildman–Crippen LogP) is 4.10. The summed E-state index contributed by atoms with van der Waals surface area (Å²) in [4.78, 5) is 39.0. The lowest BCUT2D eigenvalue weighted by atomic mass is 10.2. The number of aromatic nitrogens is 2. The van der Waals surface area contributed by atoms with E-state index in [1.54, 1.807) is 6.92 Å². The Hall–Kier alpha value is -2.28. The monoisotopic (exact) mass is 660 g/mol. The third-order valence-electron chi connectivity index (χ3n) is 7.27. The number of carbonyl (C=O) groups is 1. The summed E-state index contributed by atoms with van der Waals surface area (Å²) in [5.74, 6) is 0. The van der Waals surface area contributed by atoms with Crippen molar-refractivity contribution in [2.24, 2.45) is 0 Å². The lowest BCUT2D eigenvalue weighted by Crippen LogP contribution is -2.67. The van der Waals surface area contributed by atoms with Crippen LogP contribution < -0.4 is 21.6 Å². The van der Waals surface area contributed by atoms with E-state index in [4.69, 9.17) is 13.9 Å². The number of nitrogens with one attached hydrogen (secondary N) is 1. The van der Waals surface area contributed by atoms with Crippen LogP contribution in [0.25, 0.3) is 0 Å². The van der Waals surface area contributed by atoms with Gasteiger partial charge in [0, 0.05) is 30.4 Å². The van der Waals surface area contributed by atoms with E-state index in [1.807, 2.05) is 36.4 Å². The lowest BCUT2D eigenvalue weighted by molar-refractivity contribution is -0.109. The van der Waals surface area contributed by atoms with Crippen LogP contribution in [-0.4, -0.2) is 52.6 Å². The molecule has 4 rings (SSSR count). The fraction of sp³-hybridized carbons (Fsp3) is 0.433. The van der Waals surface area contributed by atoms with E-state index in [0.29, 0.717) is 17.3 Å². The average Bonchev–Trinajstić information content (AvgIpc) is 3.33. The summed E-state index contributed by atoms with van der Waals surface area (Å²) in [6.45, 7) is 9.98. The van der Waals surface area contributed by atoms with Crippen LogP contribution in [0.1, 0.15) is 45.9 Å². The zero-order chi connectivity index (χ0) is 29.8.